The van der Waals surface area contributed by atoms with Crippen molar-refractivity contribution in [3.05, 3.63) is 12.2 Å². The van der Waals surface area contributed by atoms with Gasteiger partial charge >= 0.3 is 0 Å². The van der Waals surface area contributed by atoms with Gasteiger partial charge in [0.15, 0.2) is 0 Å². The predicted octanol–water partition coefficient (Wildman–Crippen LogP) is 4.34. The topological polar surface area (TPSA) is 26.0 Å². The minimum Gasteiger partial charge on any atom is -0.324 e. The van der Waals surface area contributed by atoms with E-state index >= 15 is 0 Å². The van der Waals surface area contributed by atoms with Crippen molar-refractivity contribution in [2.75, 3.05) is 11.5 Å². The van der Waals surface area contributed by atoms with Gasteiger partial charge in [0, 0.05) is 17.5 Å². The normalized spacial score (nSPS) is 13.4. The maximum atomic E-state index is 6.05. The molecule has 0 rings (SSSR count). The van der Waals surface area contributed by atoms with Gasteiger partial charge in [0.25, 0.3) is 0 Å². The van der Waals surface area contributed by atoms with Crippen molar-refractivity contribution in [1.82, 2.24) is 0 Å². The molecule has 3 heteroatoms. The van der Waals surface area contributed by atoms with E-state index in [1.54, 1.807) is 0 Å². The molecule has 0 aliphatic heterocycles. The van der Waals surface area contributed by atoms with Gasteiger partial charge in [0.2, 0.25) is 0 Å². The third-order valence-electron chi connectivity index (χ3n) is 2.56. The van der Waals surface area contributed by atoms with Crippen LogP contribution in [-0.4, -0.2) is 17.5 Å². The van der Waals surface area contributed by atoms with Crippen LogP contribution in [-0.2, 0) is 0 Å². The van der Waals surface area contributed by atoms with Gasteiger partial charge < -0.3 is 5.73 Å². The SMILES string of the molecule is C=C(C(C)C)[C@@H](N)CSSCCCC(C)C. The summed E-state index contributed by atoms with van der Waals surface area (Å²) in [4.78, 5) is 0. The predicted molar refractivity (Wildman–Crippen MR) is 80.9 cm³/mol. The van der Waals surface area contributed by atoms with E-state index in [0.717, 1.165) is 11.7 Å². The average molecular weight is 262 g/mol. The molecule has 1 nitrogen and oxygen atoms in total. The summed E-state index contributed by atoms with van der Waals surface area (Å²) >= 11 is 0. The van der Waals surface area contributed by atoms with Gasteiger partial charge in [-0.25, -0.2) is 0 Å². The Bertz CT molecular complexity index is 190. The van der Waals surface area contributed by atoms with Crippen molar-refractivity contribution >= 4 is 21.6 Å². The smallest absolute Gasteiger partial charge is 0.0354 e. The van der Waals surface area contributed by atoms with E-state index in [1.807, 2.05) is 21.6 Å². The largest absolute Gasteiger partial charge is 0.324 e. The van der Waals surface area contributed by atoms with Crippen molar-refractivity contribution in [2.45, 2.75) is 46.6 Å². The maximum Gasteiger partial charge on any atom is 0.0354 e. The summed E-state index contributed by atoms with van der Waals surface area (Å²) < 4.78 is 0. The molecule has 2 N–H and O–H groups in total. The van der Waals surface area contributed by atoms with Crippen LogP contribution in [0, 0.1) is 11.8 Å². The highest BCUT2D eigenvalue weighted by molar-refractivity contribution is 8.76. The Balaban J connectivity index is 3.41. The molecule has 0 aromatic carbocycles. The third kappa shape index (κ3) is 8.54. The van der Waals surface area contributed by atoms with E-state index in [0.29, 0.717) is 5.92 Å². The zero-order chi connectivity index (χ0) is 12.6. The molecule has 0 amide bonds. The molecule has 0 heterocycles. The zero-order valence-corrected chi connectivity index (χ0v) is 12.8. The Labute approximate surface area is 109 Å². The molecule has 96 valence electrons. The molecule has 0 radical (unpaired) electrons. The highest BCUT2D eigenvalue weighted by Crippen LogP contribution is 2.26. The standard InChI is InChI=1S/C13H27NS2/c1-10(2)7-6-8-15-16-9-13(14)12(5)11(3)4/h10-11,13H,5-9,14H2,1-4H3/t13-/m0/s1. The lowest BCUT2D eigenvalue weighted by Gasteiger charge is -2.17. The van der Waals surface area contributed by atoms with E-state index in [9.17, 15) is 0 Å². The highest BCUT2D eigenvalue weighted by atomic mass is 33.1. The van der Waals surface area contributed by atoms with Crippen molar-refractivity contribution < 1.29 is 0 Å². The fraction of sp³-hybridized carbons (Fsp3) is 0.846. The number of rotatable bonds is 9. The van der Waals surface area contributed by atoms with Crippen LogP contribution in [0.15, 0.2) is 12.2 Å². The second-order valence-electron chi connectivity index (χ2n) is 4.98. The first-order chi connectivity index (χ1) is 7.45. The van der Waals surface area contributed by atoms with E-state index in [2.05, 4.69) is 34.3 Å². The third-order valence-corrected chi connectivity index (χ3v) is 5.08. The van der Waals surface area contributed by atoms with Gasteiger partial charge in [-0.1, -0.05) is 67.9 Å². The van der Waals surface area contributed by atoms with Gasteiger partial charge in [0.1, 0.15) is 0 Å². The summed E-state index contributed by atoms with van der Waals surface area (Å²) in [6.45, 7) is 12.9. The first-order valence-electron chi connectivity index (χ1n) is 6.13. The lowest BCUT2D eigenvalue weighted by molar-refractivity contribution is 0.579. The van der Waals surface area contributed by atoms with Crippen LogP contribution in [0.25, 0.3) is 0 Å². The summed E-state index contributed by atoms with van der Waals surface area (Å²) in [7, 11) is 3.84. The van der Waals surface area contributed by atoms with Crippen LogP contribution < -0.4 is 5.73 Å². The Morgan fingerprint density at radius 1 is 1.19 bits per heavy atom. The minimum atomic E-state index is 0.155. The first-order valence-corrected chi connectivity index (χ1v) is 8.62. The van der Waals surface area contributed by atoms with E-state index in [-0.39, 0.29) is 6.04 Å². The van der Waals surface area contributed by atoms with Crippen molar-refractivity contribution in [1.29, 1.82) is 0 Å². The summed E-state index contributed by atoms with van der Waals surface area (Å²) in [6.07, 6.45) is 2.65. The molecule has 0 spiro atoms. The lowest BCUT2D eigenvalue weighted by atomic mass is 10.00. The van der Waals surface area contributed by atoms with E-state index in [1.165, 1.54) is 24.2 Å². The van der Waals surface area contributed by atoms with Crippen LogP contribution in [0.4, 0.5) is 0 Å². The Morgan fingerprint density at radius 2 is 1.81 bits per heavy atom. The van der Waals surface area contributed by atoms with Crippen LogP contribution in [0.5, 0.6) is 0 Å². The fourth-order valence-electron chi connectivity index (χ4n) is 1.27. The second kappa shape index (κ2) is 9.43. The molecule has 1 atom stereocenters. The Kier molecular flexibility index (Phi) is 9.67. The molecule has 0 aromatic heterocycles. The lowest BCUT2D eigenvalue weighted by Crippen LogP contribution is -2.27. The highest BCUT2D eigenvalue weighted by Gasteiger charge is 2.10. The number of hydrogen-bond donors (Lipinski definition) is 1. The summed E-state index contributed by atoms with van der Waals surface area (Å²) in [5.74, 6) is 3.56. The Hall–Kier alpha value is 0.400. The molecule has 0 saturated carbocycles. The van der Waals surface area contributed by atoms with Gasteiger partial charge in [0.05, 0.1) is 0 Å². The first kappa shape index (κ1) is 16.4. The molecule has 0 fully saturated rings. The van der Waals surface area contributed by atoms with E-state index < -0.39 is 0 Å². The second-order valence-corrected chi connectivity index (χ2v) is 7.61. The van der Waals surface area contributed by atoms with Gasteiger partial charge in [-0.15, -0.1) is 0 Å². The average Bonchev–Trinajstić information content (AvgIpc) is 2.21. The number of nitrogens with two attached hydrogens (primary N) is 1. The van der Waals surface area contributed by atoms with Crippen LogP contribution in [0.3, 0.4) is 0 Å². The summed E-state index contributed by atoms with van der Waals surface area (Å²) in [5, 5.41) is 0. The maximum absolute atomic E-state index is 6.05. The molecular weight excluding hydrogens is 234 g/mol. The van der Waals surface area contributed by atoms with Crippen LogP contribution >= 0.6 is 21.6 Å². The van der Waals surface area contributed by atoms with Gasteiger partial charge in [-0.2, -0.15) is 0 Å². The van der Waals surface area contributed by atoms with Gasteiger partial charge in [-0.3, -0.25) is 0 Å². The van der Waals surface area contributed by atoms with E-state index in [4.69, 9.17) is 5.73 Å². The summed E-state index contributed by atoms with van der Waals surface area (Å²) in [5.41, 5.74) is 7.22. The Morgan fingerprint density at radius 3 is 2.31 bits per heavy atom. The fourth-order valence-corrected chi connectivity index (χ4v) is 3.56. The molecule has 0 bridgehead atoms. The molecule has 0 unspecified atom stereocenters. The van der Waals surface area contributed by atoms with Crippen LogP contribution in [0.2, 0.25) is 0 Å². The minimum absolute atomic E-state index is 0.155. The molecular formula is C13H27NS2. The van der Waals surface area contributed by atoms with Crippen molar-refractivity contribution in [3.63, 3.8) is 0 Å². The molecule has 0 saturated heterocycles. The molecule has 16 heavy (non-hydrogen) atoms. The number of hydrogen-bond acceptors (Lipinski definition) is 3. The van der Waals surface area contributed by atoms with Crippen molar-refractivity contribution in [2.24, 2.45) is 17.6 Å². The molecule has 0 aliphatic carbocycles. The monoisotopic (exact) mass is 261 g/mol. The van der Waals surface area contributed by atoms with Crippen LogP contribution in [0.1, 0.15) is 40.5 Å². The summed E-state index contributed by atoms with van der Waals surface area (Å²) in [6, 6.07) is 0.155. The van der Waals surface area contributed by atoms with Gasteiger partial charge in [-0.05, 0) is 18.3 Å². The quantitative estimate of drug-likeness (QED) is 0.380. The zero-order valence-electron chi connectivity index (χ0n) is 11.2. The molecule has 0 aliphatic rings. The molecule has 0 aromatic rings. The van der Waals surface area contributed by atoms with Crippen molar-refractivity contribution in [3.8, 4) is 0 Å².